The van der Waals surface area contributed by atoms with Gasteiger partial charge in [0.25, 0.3) is 0 Å². The molecule has 0 spiro atoms. The summed E-state index contributed by atoms with van der Waals surface area (Å²) in [5.74, 6) is 0.139. The van der Waals surface area contributed by atoms with E-state index in [9.17, 15) is 4.79 Å². The van der Waals surface area contributed by atoms with E-state index in [-0.39, 0.29) is 0 Å². The summed E-state index contributed by atoms with van der Waals surface area (Å²) in [6.45, 7) is 6.60. The van der Waals surface area contributed by atoms with E-state index < -0.39 is 5.97 Å². The van der Waals surface area contributed by atoms with Crippen LogP contribution in [0.3, 0.4) is 0 Å². The van der Waals surface area contributed by atoms with E-state index in [2.05, 4.69) is 49.9 Å². The van der Waals surface area contributed by atoms with Gasteiger partial charge in [-0.15, -0.1) is 0 Å². The third kappa shape index (κ3) is 12.4. The van der Waals surface area contributed by atoms with Crippen LogP contribution in [0.4, 0.5) is 0 Å². The molecule has 0 radical (unpaired) electrons. The second kappa shape index (κ2) is 14.6. The lowest BCUT2D eigenvalue weighted by Gasteiger charge is -2.01. The summed E-state index contributed by atoms with van der Waals surface area (Å²) in [5.41, 5.74) is 1.41. The summed E-state index contributed by atoms with van der Waals surface area (Å²) < 4.78 is 0. The molecule has 0 bridgehead atoms. The quantitative estimate of drug-likeness (QED) is 0.348. The van der Waals surface area contributed by atoms with E-state index in [1.165, 1.54) is 37.7 Å². The molecular formula is C19H32O3. The molecule has 0 saturated carbocycles. The van der Waals surface area contributed by atoms with Crippen molar-refractivity contribution in [2.45, 2.75) is 78.1 Å². The number of carbonyl (C=O) groups excluding carboxylic acids is 1. The van der Waals surface area contributed by atoms with E-state index >= 15 is 0 Å². The van der Waals surface area contributed by atoms with Gasteiger partial charge in [0.05, 0.1) is 0 Å². The Kier molecular flexibility index (Phi) is 13.7. The average molecular weight is 308 g/mol. The molecular weight excluding hydrogens is 276 g/mol. The van der Waals surface area contributed by atoms with Crippen molar-refractivity contribution in [3.05, 3.63) is 35.9 Å². The van der Waals surface area contributed by atoms with E-state index in [1.807, 2.05) is 6.07 Å². The third-order valence-electron chi connectivity index (χ3n) is 3.55. The van der Waals surface area contributed by atoms with E-state index in [0.717, 1.165) is 12.8 Å². The van der Waals surface area contributed by atoms with Gasteiger partial charge in [0.2, 0.25) is 0 Å². The fourth-order valence-electron chi connectivity index (χ4n) is 2.11. The van der Waals surface area contributed by atoms with Crippen LogP contribution in [-0.4, -0.2) is 11.2 Å². The van der Waals surface area contributed by atoms with E-state index in [4.69, 9.17) is 5.26 Å². The normalized spacial score (nSPS) is 10.0. The largest absolute Gasteiger partial charge is 0.342 e. The highest BCUT2D eigenvalue weighted by molar-refractivity contribution is 5.68. The van der Waals surface area contributed by atoms with E-state index in [0.29, 0.717) is 12.3 Å². The smallest absolute Gasteiger partial charge is 0.301 e. The molecule has 0 aromatic heterocycles. The molecule has 0 aliphatic carbocycles. The molecule has 3 heteroatoms. The minimum Gasteiger partial charge on any atom is -0.301 e. The maximum Gasteiger partial charge on any atom is 0.342 e. The molecule has 0 atom stereocenters. The van der Waals surface area contributed by atoms with Crippen LogP contribution in [0.2, 0.25) is 0 Å². The Labute approximate surface area is 135 Å². The van der Waals surface area contributed by atoms with Crippen molar-refractivity contribution in [3.63, 3.8) is 0 Å². The summed E-state index contributed by atoms with van der Waals surface area (Å²) in [5, 5.41) is 7.96. The zero-order chi connectivity index (χ0) is 16.6. The zero-order valence-electron chi connectivity index (χ0n) is 14.4. The highest BCUT2D eigenvalue weighted by Crippen LogP contribution is 2.11. The van der Waals surface area contributed by atoms with Gasteiger partial charge in [0.15, 0.2) is 0 Å². The molecule has 0 heterocycles. The van der Waals surface area contributed by atoms with Gasteiger partial charge < -0.3 is 4.89 Å². The fraction of sp³-hybridized carbons (Fsp3) is 0.632. The molecule has 22 heavy (non-hydrogen) atoms. The standard InChI is InChI=1S/C10H20O3.C9H12/c1-2-3-4-5-6-7-8-9-10(11)13-12;1-8(2)9-6-4-3-5-7-9/h12H,2-9H2,1H3;3-8H,1-2H3. The van der Waals surface area contributed by atoms with Crippen LogP contribution in [0.1, 0.15) is 83.6 Å². The molecule has 3 nitrogen and oxygen atoms in total. The molecule has 126 valence electrons. The van der Waals surface area contributed by atoms with Crippen molar-refractivity contribution in [1.29, 1.82) is 0 Å². The molecule has 0 aliphatic rings. The van der Waals surface area contributed by atoms with Gasteiger partial charge in [-0.25, -0.2) is 4.79 Å². The molecule has 1 N–H and O–H groups in total. The van der Waals surface area contributed by atoms with Crippen LogP contribution in [-0.2, 0) is 9.68 Å². The Morgan fingerprint density at radius 3 is 2.00 bits per heavy atom. The number of benzene rings is 1. The Bertz CT molecular complexity index is 360. The van der Waals surface area contributed by atoms with Crippen molar-refractivity contribution in [1.82, 2.24) is 0 Å². The number of hydrogen-bond acceptors (Lipinski definition) is 3. The first kappa shape index (κ1) is 20.6. The molecule has 0 amide bonds. The first-order chi connectivity index (χ1) is 10.6. The van der Waals surface area contributed by atoms with Crippen molar-refractivity contribution in [2.24, 2.45) is 0 Å². The maximum atomic E-state index is 10.5. The Balaban J connectivity index is 0.000000425. The molecule has 0 fully saturated rings. The maximum absolute atomic E-state index is 10.5. The van der Waals surface area contributed by atoms with Crippen LogP contribution in [0.15, 0.2) is 30.3 Å². The predicted molar refractivity (Wildman–Crippen MR) is 91.9 cm³/mol. The second-order valence-electron chi connectivity index (χ2n) is 5.90. The molecule has 0 unspecified atom stereocenters. The Morgan fingerprint density at radius 1 is 1.00 bits per heavy atom. The Hall–Kier alpha value is -1.35. The van der Waals surface area contributed by atoms with Gasteiger partial charge in [-0.2, -0.15) is 5.26 Å². The lowest BCUT2D eigenvalue weighted by Crippen LogP contribution is -1.99. The lowest BCUT2D eigenvalue weighted by atomic mass is 10.0. The monoisotopic (exact) mass is 308 g/mol. The summed E-state index contributed by atoms with van der Waals surface area (Å²) in [6.07, 6.45) is 8.51. The van der Waals surface area contributed by atoms with Crippen LogP contribution >= 0.6 is 0 Å². The van der Waals surface area contributed by atoms with Crippen LogP contribution in [0, 0.1) is 0 Å². The first-order valence-electron chi connectivity index (χ1n) is 8.51. The third-order valence-corrected chi connectivity index (χ3v) is 3.55. The highest BCUT2D eigenvalue weighted by atomic mass is 17.1. The minimum absolute atomic E-state index is 0.338. The van der Waals surface area contributed by atoms with Gasteiger partial charge in [0.1, 0.15) is 0 Å². The van der Waals surface area contributed by atoms with Crippen molar-refractivity contribution in [2.75, 3.05) is 0 Å². The van der Waals surface area contributed by atoms with Crippen molar-refractivity contribution in [3.8, 4) is 0 Å². The van der Waals surface area contributed by atoms with Gasteiger partial charge in [-0.1, -0.05) is 89.6 Å². The first-order valence-corrected chi connectivity index (χ1v) is 8.51. The molecule has 0 saturated heterocycles. The van der Waals surface area contributed by atoms with Crippen LogP contribution in [0.25, 0.3) is 0 Å². The van der Waals surface area contributed by atoms with Crippen LogP contribution < -0.4 is 0 Å². The second-order valence-corrected chi connectivity index (χ2v) is 5.90. The molecule has 1 aromatic carbocycles. The summed E-state index contributed by atoms with van der Waals surface area (Å²) in [6, 6.07) is 10.5. The number of unbranched alkanes of at least 4 members (excludes halogenated alkanes) is 6. The van der Waals surface area contributed by atoms with Gasteiger partial charge >= 0.3 is 5.97 Å². The number of carbonyl (C=O) groups is 1. The lowest BCUT2D eigenvalue weighted by molar-refractivity contribution is -0.234. The summed E-state index contributed by atoms with van der Waals surface area (Å²) in [4.78, 5) is 14.0. The average Bonchev–Trinajstić information content (AvgIpc) is 2.55. The number of hydrogen-bond donors (Lipinski definition) is 1. The van der Waals surface area contributed by atoms with Crippen molar-refractivity contribution >= 4 is 5.97 Å². The molecule has 0 aliphatic heterocycles. The van der Waals surface area contributed by atoms with Gasteiger partial charge in [-0.05, 0) is 17.9 Å². The van der Waals surface area contributed by atoms with Gasteiger partial charge in [0, 0.05) is 6.42 Å². The highest BCUT2D eigenvalue weighted by Gasteiger charge is 2.00. The fourth-order valence-corrected chi connectivity index (χ4v) is 2.11. The molecule has 1 aromatic rings. The van der Waals surface area contributed by atoms with Crippen molar-refractivity contribution < 1.29 is 14.9 Å². The van der Waals surface area contributed by atoms with Gasteiger partial charge in [-0.3, -0.25) is 0 Å². The van der Waals surface area contributed by atoms with Crippen LogP contribution in [0.5, 0.6) is 0 Å². The minimum atomic E-state index is -0.520. The summed E-state index contributed by atoms with van der Waals surface area (Å²) in [7, 11) is 0. The van der Waals surface area contributed by atoms with E-state index in [1.54, 1.807) is 0 Å². The SMILES string of the molecule is CC(C)c1ccccc1.CCCCCCCCCC(=O)OO. The topological polar surface area (TPSA) is 46.5 Å². The molecule has 1 rings (SSSR count). The number of rotatable bonds is 9. The Morgan fingerprint density at radius 2 is 1.55 bits per heavy atom. The predicted octanol–water partition coefficient (Wildman–Crippen LogP) is 5.95. The zero-order valence-corrected chi connectivity index (χ0v) is 14.4. The summed E-state index contributed by atoms with van der Waals surface area (Å²) >= 11 is 0.